The van der Waals surface area contributed by atoms with Gasteiger partial charge in [-0.15, -0.1) is 0 Å². The van der Waals surface area contributed by atoms with E-state index in [0.717, 1.165) is 95.3 Å². The van der Waals surface area contributed by atoms with Crippen LogP contribution in [0.25, 0.3) is 94.1 Å². The summed E-state index contributed by atoms with van der Waals surface area (Å²) in [6.07, 6.45) is 8.23. The third-order valence-corrected chi connectivity index (χ3v) is 9.39. The smallest absolute Gasteiger partial charge is 0.164 e. The summed E-state index contributed by atoms with van der Waals surface area (Å²) in [4.78, 5) is 15.1. The third kappa shape index (κ3) is 4.36. The summed E-state index contributed by atoms with van der Waals surface area (Å²) in [7, 11) is 0. The Morgan fingerprint density at radius 1 is 0.479 bits per heavy atom. The van der Waals surface area contributed by atoms with Crippen molar-refractivity contribution in [2.45, 2.75) is 12.8 Å². The molecule has 6 aromatic carbocycles. The van der Waals surface area contributed by atoms with Gasteiger partial charge in [0.05, 0.1) is 0 Å². The van der Waals surface area contributed by atoms with Crippen molar-refractivity contribution in [1.82, 2.24) is 15.0 Å². The molecule has 0 fully saturated rings. The molecular formula is C43H27N3O2. The monoisotopic (exact) mass is 617 g/mol. The largest absolute Gasteiger partial charge is 0.456 e. The molecule has 0 saturated carbocycles. The van der Waals surface area contributed by atoms with Crippen LogP contribution in [-0.2, 0) is 0 Å². The van der Waals surface area contributed by atoms with Gasteiger partial charge in [-0.2, -0.15) is 0 Å². The molecule has 0 amide bonds. The van der Waals surface area contributed by atoms with Crippen LogP contribution in [0.2, 0.25) is 0 Å². The van der Waals surface area contributed by atoms with E-state index in [-0.39, 0.29) is 0 Å². The topological polar surface area (TPSA) is 65.0 Å². The molecule has 10 rings (SSSR count). The lowest BCUT2D eigenvalue weighted by molar-refractivity contribution is 0.668. The van der Waals surface area contributed by atoms with Crippen LogP contribution in [0.3, 0.4) is 0 Å². The molecule has 0 radical (unpaired) electrons. The Hall–Kier alpha value is -6.33. The molecule has 0 saturated heterocycles. The van der Waals surface area contributed by atoms with Crippen molar-refractivity contribution in [2.24, 2.45) is 0 Å². The molecule has 1 aliphatic rings. The van der Waals surface area contributed by atoms with E-state index in [1.165, 1.54) is 0 Å². The first kappa shape index (κ1) is 26.8. The van der Waals surface area contributed by atoms with Gasteiger partial charge in [-0.3, -0.25) is 0 Å². The van der Waals surface area contributed by atoms with Gasteiger partial charge < -0.3 is 8.83 Å². The molecule has 226 valence electrons. The van der Waals surface area contributed by atoms with Gasteiger partial charge in [-0.1, -0.05) is 97.1 Å². The Labute approximate surface area is 275 Å². The number of fused-ring (bicyclic) bond motifs is 7. The van der Waals surface area contributed by atoms with E-state index in [4.69, 9.17) is 23.8 Å². The summed E-state index contributed by atoms with van der Waals surface area (Å²) < 4.78 is 12.4. The van der Waals surface area contributed by atoms with Crippen molar-refractivity contribution in [3.8, 4) is 33.9 Å². The number of para-hydroxylation sites is 2. The molecule has 3 aromatic heterocycles. The van der Waals surface area contributed by atoms with Crippen molar-refractivity contribution in [3.05, 3.63) is 145 Å². The summed E-state index contributed by atoms with van der Waals surface area (Å²) in [6.45, 7) is 0. The van der Waals surface area contributed by atoms with Crippen molar-refractivity contribution in [2.75, 3.05) is 0 Å². The van der Waals surface area contributed by atoms with Gasteiger partial charge in [-0.25, -0.2) is 15.0 Å². The maximum absolute atomic E-state index is 6.22. The quantitative estimate of drug-likeness (QED) is 0.197. The Bertz CT molecular complexity index is 2800. The Balaban J connectivity index is 1.12. The summed E-state index contributed by atoms with van der Waals surface area (Å²) in [5.41, 5.74) is 8.68. The van der Waals surface area contributed by atoms with Gasteiger partial charge in [0.1, 0.15) is 22.3 Å². The molecule has 0 spiro atoms. The lowest BCUT2D eigenvalue weighted by Gasteiger charge is -2.12. The highest BCUT2D eigenvalue weighted by molar-refractivity contribution is 6.13. The molecule has 0 unspecified atom stereocenters. The molecule has 5 heteroatoms. The van der Waals surface area contributed by atoms with Crippen molar-refractivity contribution in [3.63, 3.8) is 0 Å². The maximum atomic E-state index is 6.22. The van der Waals surface area contributed by atoms with Crippen molar-refractivity contribution >= 4 is 60.2 Å². The number of hydrogen-bond donors (Lipinski definition) is 0. The predicted molar refractivity (Wildman–Crippen MR) is 195 cm³/mol. The molecule has 3 heterocycles. The highest BCUT2D eigenvalue weighted by Crippen LogP contribution is 2.38. The highest BCUT2D eigenvalue weighted by Gasteiger charge is 2.17. The third-order valence-electron chi connectivity index (χ3n) is 9.39. The van der Waals surface area contributed by atoms with E-state index < -0.39 is 0 Å². The second-order valence-electron chi connectivity index (χ2n) is 12.3. The summed E-state index contributed by atoms with van der Waals surface area (Å²) in [5, 5.41) is 6.69. The molecule has 0 bridgehead atoms. The predicted octanol–water partition coefficient (Wildman–Crippen LogP) is 11.6. The SMILES string of the molecule is C1=CCCC(c2nc(-c3ccc4ccc(-c5cccc6oc7ccccc7c56)cc4c3)nc(-c3ccc4c(c3)oc3ccccc34)n2)=C1. The summed E-state index contributed by atoms with van der Waals surface area (Å²) in [5.74, 6) is 1.97. The Kier molecular flexibility index (Phi) is 5.93. The lowest BCUT2D eigenvalue weighted by atomic mass is 9.96. The van der Waals surface area contributed by atoms with Crippen LogP contribution in [0.15, 0.2) is 148 Å². The minimum Gasteiger partial charge on any atom is -0.456 e. The van der Waals surface area contributed by atoms with Crippen molar-refractivity contribution < 1.29 is 8.83 Å². The van der Waals surface area contributed by atoms with Crippen molar-refractivity contribution in [1.29, 1.82) is 0 Å². The maximum Gasteiger partial charge on any atom is 0.164 e. The fourth-order valence-electron chi connectivity index (χ4n) is 7.00. The van der Waals surface area contributed by atoms with Crippen LogP contribution in [0.4, 0.5) is 0 Å². The molecule has 0 atom stereocenters. The first-order chi connectivity index (χ1) is 23.7. The number of benzene rings is 6. The molecule has 48 heavy (non-hydrogen) atoms. The standard InChI is InChI=1S/C43H27N3O2/c1-2-9-27(10-3-1)41-44-42(46-43(45-41)30-21-22-34-33-11-4-6-14-36(33)48-39(34)25-30)29-20-18-26-17-19-28(23-31(26)24-29)32-13-8-16-38-40(32)35-12-5-7-15-37(35)47-38/h1-2,4-9,11-25H,3,10H2. The average Bonchev–Trinajstić information content (AvgIpc) is 3.73. The number of hydrogen-bond acceptors (Lipinski definition) is 5. The van der Waals surface area contributed by atoms with Crippen LogP contribution in [0.5, 0.6) is 0 Å². The van der Waals surface area contributed by atoms with E-state index in [2.05, 4.69) is 97.1 Å². The summed E-state index contributed by atoms with van der Waals surface area (Å²) in [6, 6.07) is 41.9. The van der Waals surface area contributed by atoms with E-state index in [1.54, 1.807) is 0 Å². The number of furan rings is 2. The average molecular weight is 618 g/mol. The van der Waals surface area contributed by atoms with E-state index >= 15 is 0 Å². The van der Waals surface area contributed by atoms with E-state index in [0.29, 0.717) is 17.5 Å². The first-order valence-electron chi connectivity index (χ1n) is 16.2. The lowest BCUT2D eigenvalue weighted by Crippen LogP contribution is -2.03. The van der Waals surface area contributed by atoms with Crippen LogP contribution < -0.4 is 0 Å². The van der Waals surface area contributed by atoms with E-state index in [9.17, 15) is 0 Å². The second kappa shape index (κ2) is 10.6. The minimum absolute atomic E-state index is 0.625. The zero-order valence-corrected chi connectivity index (χ0v) is 25.9. The zero-order chi connectivity index (χ0) is 31.6. The molecule has 0 N–H and O–H groups in total. The molecule has 0 aliphatic heterocycles. The number of aromatic nitrogens is 3. The Morgan fingerprint density at radius 3 is 1.96 bits per heavy atom. The highest BCUT2D eigenvalue weighted by atomic mass is 16.3. The van der Waals surface area contributed by atoms with Crippen LogP contribution in [0.1, 0.15) is 18.7 Å². The summed E-state index contributed by atoms with van der Waals surface area (Å²) >= 11 is 0. The van der Waals surface area contributed by atoms with Crippen LogP contribution in [-0.4, -0.2) is 15.0 Å². The number of nitrogens with zero attached hydrogens (tertiary/aromatic N) is 3. The molecule has 1 aliphatic carbocycles. The first-order valence-corrected chi connectivity index (χ1v) is 16.2. The van der Waals surface area contributed by atoms with E-state index in [1.807, 2.05) is 42.5 Å². The fourth-order valence-corrected chi connectivity index (χ4v) is 7.00. The van der Waals surface area contributed by atoms with Crippen LogP contribution >= 0.6 is 0 Å². The number of allylic oxidation sites excluding steroid dienone is 4. The molecule has 9 aromatic rings. The molecule has 5 nitrogen and oxygen atoms in total. The van der Waals surface area contributed by atoms with Gasteiger partial charge in [0, 0.05) is 32.7 Å². The van der Waals surface area contributed by atoms with Gasteiger partial charge >= 0.3 is 0 Å². The van der Waals surface area contributed by atoms with Crippen LogP contribution in [0, 0.1) is 0 Å². The fraction of sp³-hybridized carbons (Fsp3) is 0.0465. The van der Waals surface area contributed by atoms with Gasteiger partial charge in [0.25, 0.3) is 0 Å². The molecular weight excluding hydrogens is 590 g/mol. The second-order valence-corrected chi connectivity index (χ2v) is 12.3. The van der Waals surface area contributed by atoms with Gasteiger partial charge in [0.15, 0.2) is 17.5 Å². The zero-order valence-electron chi connectivity index (χ0n) is 25.9. The Morgan fingerprint density at radius 2 is 1.12 bits per heavy atom. The normalized spacial score (nSPS) is 13.3. The van der Waals surface area contributed by atoms with Gasteiger partial charge in [-0.05, 0) is 82.8 Å². The minimum atomic E-state index is 0.625. The van der Waals surface area contributed by atoms with Gasteiger partial charge in [0.2, 0.25) is 0 Å². The number of rotatable bonds is 4.